The van der Waals surface area contributed by atoms with Crippen molar-refractivity contribution < 1.29 is 19.1 Å². The number of amides is 1. The first kappa shape index (κ1) is 18.5. The molecule has 2 aliphatic rings. The van der Waals surface area contributed by atoms with Crippen LogP contribution in [0.4, 0.5) is 0 Å². The molecule has 0 saturated carbocycles. The highest BCUT2D eigenvalue weighted by molar-refractivity contribution is 8.15. The lowest BCUT2D eigenvalue weighted by atomic mass is 9.94. The number of hydrogen-bond donors (Lipinski definition) is 0. The second-order valence-corrected chi connectivity index (χ2v) is 7.18. The Morgan fingerprint density at radius 1 is 1.27 bits per heavy atom. The number of carbonyl (C=O) groups excluding carboxylic acids is 2. The minimum atomic E-state index is -0.540. The lowest BCUT2D eigenvalue weighted by molar-refractivity contribution is -0.137. The van der Waals surface area contributed by atoms with Gasteiger partial charge in [0.05, 0.1) is 36.3 Å². The summed E-state index contributed by atoms with van der Waals surface area (Å²) < 4.78 is 10.5. The highest BCUT2D eigenvalue weighted by atomic mass is 32.2. The number of thioether (sulfide) groups is 1. The molecule has 0 N–H and O–H groups in total. The summed E-state index contributed by atoms with van der Waals surface area (Å²) in [5.74, 6) is 0.251. The van der Waals surface area contributed by atoms with Crippen molar-refractivity contribution in [3.05, 3.63) is 41.1 Å². The number of nitrogens with zero attached hydrogens (tertiary/aromatic N) is 2. The molecule has 0 bridgehead atoms. The van der Waals surface area contributed by atoms with E-state index in [0.717, 1.165) is 11.3 Å². The molecular weight excluding hydrogens is 352 g/mol. The van der Waals surface area contributed by atoms with Gasteiger partial charge in [0, 0.05) is 0 Å². The Hall–Kier alpha value is -2.28. The van der Waals surface area contributed by atoms with Gasteiger partial charge >= 0.3 is 5.97 Å². The number of carbonyl (C=O) groups is 2. The lowest BCUT2D eigenvalue weighted by Gasteiger charge is -2.32. The van der Waals surface area contributed by atoms with Gasteiger partial charge in [0.25, 0.3) is 0 Å². The zero-order chi connectivity index (χ0) is 18.8. The summed E-state index contributed by atoms with van der Waals surface area (Å²) in [4.78, 5) is 31.5. The zero-order valence-electron chi connectivity index (χ0n) is 15.3. The van der Waals surface area contributed by atoms with E-state index in [9.17, 15) is 9.59 Å². The van der Waals surface area contributed by atoms with E-state index in [4.69, 9.17) is 9.47 Å². The second-order valence-electron chi connectivity index (χ2n) is 6.01. The van der Waals surface area contributed by atoms with Gasteiger partial charge in [-0.3, -0.25) is 9.69 Å². The van der Waals surface area contributed by atoms with Crippen LogP contribution in [0.1, 0.15) is 38.8 Å². The Balaban J connectivity index is 2.08. The number of esters is 1. The van der Waals surface area contributed by atoms with Gasteiger partial charge in [0.15, 0.2) is 5.17 Å². The van der Waals surface area contributed by atoms with Crippen LogP contribution in [0.2, 0.25) is 0 Å². The van der Waals surface area contributed by atoms with Crippen LogP contribution >= 0.6 is 11.8 Å². The molecule has 0 aliphatic carbocycles. The van der Waals surface area contributed by atoms with E-state index in [1.807, 2.05) is 38.1 Å². The molecule has 1 aromatic carbocycles. The molecule has 7 heteroatoms. The number of fused-ring (bicyclic) bond motifs is 1. The number of methoxy groups -OCH3 is 1. The van der Waals surface area contributed by atoms with Gasteiger partial charge in [-0.2, -0.15) is 0 Å². The summed E-state index contributed by atoms with van der Waals surface area (Å²) in [6, 6.07) is 6.92. The molecule has 2 heterocycles. The van der Waals surface area contributed by atoms with Crippen LogP contribution in [-0.4, -0.2) is 40.9 Å². The molecule has 0 spiro atoms. The first-order valence-electron chi connectivity index (χ1n) is 8.62. The second kappa shape index (κ2) is 7.53. The quantitative estimate of drug-likeness (QED) is 0.740. The van der Waals surface area contributed by atoms with Crippen molar-refractivity contribution >= 4 is 28.8 Å². The number of amidine groups is 1. The summed E-state index contributed by atoms with van der Waals surface area (Å²) in [7, 11) is 1.34. The minimum Gasteiger partial charge on any atom is -0.494 e. The molecule has 0 radical (unpaired) electrons. The van der Waals surface area contributed by atoms with E-state index < -0.39 is 12.0 Å². The molecule has 1 saturated heterocycles. The van der Waals surface area contributed by atoms with E-state index in [1.54, 1.807) is 11.8 Å². The number of hydrogen-bond acceptors (Lipinski definition) is 6. The molecule has 1 fully saturated rings. The zero-order valence-corrected chi connectivity index (χ0v) is 16.1. The number of rotatable bonds is 5. The van der Waals surface area contributed by atoms with Gasteiger partial charge in [0.2, 0.25) is 5.91 Å². The van der Waals surface area contributed by atoms with Gasteiger partial charge < -0.3 is 9.47 Å². The number of benzene rings is 1. The number of allylic oxidation sites excluding steroid dienone is 1. The fourth-order valence-electron chi connectivity index (χ4n) is 3.19. The average Bonchev–Trinajstić information content (AvgIpc) is 2.96. The first-order valence-corrected chi connectivity index (χ1v) is 9.50. The fourth-order valence-corrected chi connectivity index (χ4v) is 4.32. The van der Waals surface area contributed by atoms with Crippen molar-refractivity contribution in [1.82, 2.24) is 4.90 Å². The van der Waals surface area contributed by atoms with Crippen LogP contribution < -0.4 is 4.74 Å². The Morgan fingerprint density at radius 3 is 2.54 bits per heavy atom. The molecule has 1 aromatic rings. The lowest BCUT2D eigenvalue weighted by Crippen LogP contribution is -2.40. The van der Waals surface area contributed by atoms with Gasteiger partial charge in [-0.15, -0.1) is 0 Å². The van der Waals surface area contributed by atoms with Gasteiger partial charge in [-0.05, 0) is 38.0 Å². The largest absolute Gasteiger partial charge is 0.494 e. The maximum absolute atomic E-state index is 12.9. The van der Waals surface area contributed by atoms with Gasteiger partial charge in [-0.25, -0.2) is 9.79 Å². The maximum atomic E-state index is 12.9. The van der Waals surface area contributed by atoms with Crippen molar-refractivity contribution in [2.45, 2.75) is 38.5 Å². The molecule has 2 atom stereocenters. The monoisotopic (exact) mass is 374 g/mol. The Bertz CT molecular complexity index is 785. The first-order chi connectivity index (χ1) is 12.5. The van der Waals surface area contributed by atoms with Crippen LogP contribution in [0.3, 0.4) is 0 Å². The van der Waals surface area contributed by atoms with Crippen LogP contribution in [0, 0.1) is 0 Å². The molecular formula is C19H22N2O4S. The predicted octanol–water partition coefficient (Wildman–Crippen LogP) is 3.30. The molecule has 2 aliphatic heterocycles. The molecule has 26 heavy (non-hydrogen) atoms. The minimum absolute atomic E-state index is 0.0240. The normalized spacial score (nSPS) is 22.2. The van der Waals surface area contributed by atoms with E-state index in [0.29, 0.717) is 29.5 Å². The SMILES string of the molecule is CCOc1ccc([C@H]2C(C(=O)OC)=C(C)N=C3S[C@@H](CC)C(=O)N32)cc1. The predicted molar refractivity (Wildman–Crippen MR) is 101 cm³/mol. The van der Waals surface area contributed by atoms with E-state index in [1.165, 1.54) is 18.9 Å². The standard InChI is InChI=1S/C19H22N2O4S/c1-5-14-17(22)21-16(12-7-9-13(10-8-12)25-6-2)15(18(23)24-4)11(3)20-19(21)26-14/h7-10,14,16H,5-6H2,1-4H3/t14-,16-/m0/s1. The van der Waals surface area contributed by atoms with Crippen molar-refractivity contribution in [1.29, 1.82) is 0 Å². The Kier molecular flexibility index (Phi) is 5.36. The fraction of sp³-hybridized carbons (Fsp3) is 0.421. The number of aliphatic imine (C=N–C) groups is 1. The summed E-state index contributed by atoms with van der Waals surface area (Å²) in [6.45, 7) is 6.25. The molecule has 6 nitrogen and oxygen atoms in total. The highest BCUT2D eigenvalue weighted by Gasteiger charge is 2.47. The third kappa shape index (κ3) is 3.11. The van der Waals surface area contributed by atoms with Crippen LogP contribution in [-0.2, 0) is 14.3 Å². The van der Waals surface area contributed by atoms with Crippen molar-refractivity contribution in [2.75, 3.05) is 13.7 Å². The average molecular weight is 374 g/mol. The van der Waals surface area contributed by atoms with Gasteiger partial charge in [0.1, 0.15) is 5.75 Å². The molecule has 0 aromatic heterocycles. The van der Waals surface area contributed by atoms with Crippen LogP contribution in [0.15, 0.2) is 40.5 Å². The van der Waals surface area contributed by atoms with Crippen molar-refractivity contribution in [2.24, 2.45) is 4.99 Å². The molecule has 0 unspecified atom stereocenters. The van der Waals surface area contributed by atoms with E-state index in [-0.39, 0.29) is 11.2 Å². The summed E-state index contributed by atoms with van der Waals surface area (Å²) in [5, 5.41) is 0.467. The van der Waals surface area contributed by atoms with E-state index >= 15 is 0 Å². The van der Waals surface area contributed by atoms with Crippen LogP contribution in [0.5, 0.6) is 5.75 Å². The number of ether oxygens (including phenoxy) is 2. The summed E-state index contributed by atoms with van der Waals surface area (Å²) >= 11 is 1.45. The molecule has 138 valence electrons. The molecule has 1 amide bonds. The topological polar surface area (TPSA) is 68.2 Å². The van der Waals surface area contributed by atoms with Gasteiger partial charge in [-0.1, -0.05) is 30.8 Å². The summed E-state index contributed by atoms with van der Waals surface area (Å²) in [5.41, 5.74) is 1.80. The molecule has 3 rings (SSSR count). The van der Waals surface area contributed by atoms with Crippen molar-refractivity contribution in [3.63, 3.8) is 0 Å². The maximum Gasteiger partial charge on any atom is 0.338 e. The Morgan fingerprint density at radius 2 is 1.96 bits per heavy atom. The highest BCUT2D eigenvalue weighted by Crippen LogP contribution is 2.44. The Labute approximate surface area is 157 Å². The third-order valence-electron chi connectivity index (χ3n) is 4.43. The third-order valence-corrected chi connectivity index (χ3v) is 5.75. The van der Waals surface area contributed by atoms with E-state index in [2.05, 4.69) is 4.99 Å². The van der Waals surface area contributed by atoms with Crippen LogP contribution in [0.25, 0.3) is 0 Å². The summed E-state index contributed by atoms with van der Waals surface area (Å²) in [6.07, 6.45) is 0.710. The smallest absolute Gasteiger partial charge is 0.338 e. The van der Waals surface area contributed by atoms with Crippen molar-refractivity contribution in [3.8, 4) is 5.75 Å².